The number of nitrogens with zero attached hydrogens (tertiary/aromatic N) is 2. The summed E-state index contributed by atoms with van der Waals surface area (Å²) in [5.74, 6) is 0.823. The normalized spacial score (nSPS) is 16.2. The van der Waals surface area contributed by atoms with Crippen molar-refractivity contribution < 1.29 is 14.3 Å². The summed E-state index contributed by atoms with van der Waals surface area (Å²) in [6.45, 7) is 3.84. The van der Waals surface area contributed by atoms with Crippen LogP contribution in [0, 0.1) is 0 Å². The molecular weight excluding hydrogens is 366 g/mol. The fourth-order valence-corrected chi connectivity index (χ4v) is 3.60. The van der Waals surface area contributed by atoms with Gasteiger partial charge in [-0.3, -0.25) is 9.59 Å². The lowest BCUT2D eigenvalue weighted by atomic mass is 9.91. The van der Waals surface area contributed by atoms with Gasteiger partial charge in [0.1, 0.15) is 11.3 Å². The SMILES string of the molecule is COc1ccc(CCC(=O)N2CCN(C(=O)C(C)(N)c3ccccc3)CC2)cc1. The summed E-state index contributed by atoms with van der Waals surface area (Å²) in [5.41, 5.74) is 7.19. The van der Waals surface area contributed by atoms with Crippen LogP contribution in [0.2, 0.25) is 0 Å². The zero-order valence-electron chi connectivity index (χ0n) is 17.1. The van der Waals surface area contributed by atoms with Gasteiger partial charge in [0, 0.05) is 32.6 Å². The van der Waals surface area contributed by atoms with Crippen LogP contribution in [-0.4, -0.2) is 54.9 Å². The quantitative estimate of drug-likeness (QED) is 0.813. The van der Waals surface area contributed by atoms with E-state index in [9.17, 15) is 9.59 Å². The first kappa shape index (κ1) is 20.9. The van der Waals surface area contributed by atoms with Gasteiger partial charge in [0.05, 0.1) is 7.11 Å². The topological polar surface area (TPSA) is 75.9 Å². The Morgan fingerprint density at radius 1 is 0.966 bits per heavy atom. The zero-order valence-corrected chi connectivity index (χ0v) is 17.1. The van der Waals surface area contributed by atoms with Gasteiger partial charge in [0.15, 0.2) is 0 Å². The van der Waals surface area contributed by atoms with Crippen molar-refractivity contribution in [2.45, 2.75) is 25.3 Å². The number of nitrogens with two attached hydrogens (primary N) is 1. The predicted octanol–water partition coefficient (Wildman–Crippen LogP) is 2.17. The molecule has 2 amide bonds. The van der Waals surface area contributed by atoms with E-state index in [0.717, 1.165) is 16.9 Å². The number of aryl methyl sites for hydroxylation is 1. The van der Waals surface area contributed by atoms with Crippen LogP contribution < -0.4 is 10.5 Å². The molecule has 2 aromatic rings. The highest BCUT2D eigenvalue weighted by Crippen LogP contribution is 2.21. The molecule has 1 aliphatic heterocycles. The smallest absolute Gasteiger partial charge is 0.247 e. The molecule has 6 nitrogen and oxygen atoms in total. The van der Waals surface area contributed by atoms with E-state index in [1.54, 1.807) is 18.9 Å². The molecule has 1 unspecified atom stereocenters. The third-order valence-corrected chi connectivity index (χ3v) is 5.52. The van der Waals surface area contributed by atoms with Crippen LogP contribution in [0.25, 0.3) is 0 Å². The summed E-state index contributed by atoms with van der Waals surface area (Å²) < 4.78 is 5.16. The van der Waals surface area contributed by atoms with Crippen molar-refractivity contribution in [1.29, 1.82) is 0 Å². The summed E-state index contributed by atoms with van der Waals surface area (Å²) >= 11 is 0. The first-order chi connectivity index (χ1) is 13.9. The number of piperazine rings is 1. The van der Waals surface area contributed by atoms with E-state index in [4.69, 9.17) is 10.5 Å². The van der Waals surface area contributed by atoms with Crippen LogP contribution in [0.4, 0.5) is 0 Å². The summed E-state index contributed by atoms with van der Waals surface area (Å²) in [7, 11) is 1.63. The molecule has 29 heavy (non-hydrogen) atoms. The summed E-state index contributed by atoms with van der Waals surface area (Å²) in [6.07, 6.45) is 1.15. The Kier molecular flexibility index (Phi) is 6.54. The Labute approximate surface area is 172 Å². The van der Waals surface area contributed by atoms with E-state index in [2.05, 4.69) is 0 Å². The maximum atomic E-state index is 12.9. The Balaban J connectivity index is 1.50. The van der Waals surface area contributed by atoms with E-state index >= 15 is 0 Å². The molecule has 1 saturated heterocycles. The minimum Gasteiger partial charge on any atom is -0.497 e. The van der Waals surface area contributed by atoms with Gasteiger partial charge in [0.25, 0.3) is 0 Å². The first-order valence-corrected chi connectivity index (χ1v) is 9.96. The van der Waals surface area contributed by atoms with Gasteiger partial charge < -0.3 is 20.3 Å². The van der Waals surface area contributed by atoms with Gasteiger partial charge in [0.2, 0.25) is 11.8 Å². The molecule has 1 atom stereocenters. The third-order valence-electron chi connectivity index (χ3n) is 5.52. The number of rotatable bonds is 6. The lowest BCUT2D eigenvalue weighted by Crippen LogP contribution is -2.57. The van der Waals surface area contributed by atoms with Gasteiger partial charge in [-0.15, -0.1) is 0 Å². The molecule has 0 radical (unpaired) electrons. The van der Waals surface area contributed by atoms with Crippen molar-refractivity contribution in [3.05, 3.63) is 65.7 Å². The van der Waals surface area contributed by atoms with E-state index in [1.807, 2.05) is 59.5 Å². The molecule has 0 bridgehead atoms. The summed E-state index contributed by atoms with van der Waals surface area (Å²) in [4.78, 5) is 29.1. The van der Waals surface area contributed by atoms with Gasteiger partial charge in [-0.2, -0.15) is 0 Å². The number of benzene rings is 2. The lowest BCUT2D eigenvalue weighted by Gasteiger charge is -2.38. The highest BCUT2D eigenvalue weighted by Gasteiger charge is 2.36. The molecule has 1 heterocycles. The standard InChI is InChI=1S/C23H29N3O3/c1-23(24,19-6-4-3-5-7-19)22(28)26-16-14-25(15-17-26)21(27)13-10-18-8-11-20(29-2)12-9-18/h3-9,11-12H,10,13-17,24H2,1-2H3. The average Bonchev–Trinajstić information content (AvgIpc) is 2.78. The molecule has 6 heteroatoms. The van der Waals surface area contributed by atoms with Crippen molar-refractivity contribution in [1.82, 2.24) is 9.80 Å². The Morgan fingerprint density at radius 3 is 2.14 bits per heavy atom. The fourth-order valence-electron chi connectivity index (χ4n) is 3.60. The number of ether oxygens (including phenoxy) is 1. The van der Waals surface area contributed by atoms with Gasteiger partial charge in [-0.25, -0.2) is 0 Å². The van der Waals surface area contributed by atoms with Crippen LogP contribution in [0.15, 0.2) is 54.6 Å². The number of methoxy groups -OCH3 is 1. The average molecular weight is 396 g/mol. The van der Waals surface area contributed by atoms with Crippen LogP contribution in [-0.2, 0) is 21.5 Å². The molecule has 1 aliphatic rings. The predicted molar refractivity (Wildman–Crippen MR) is 112 cm³/mol. The Hall–Kier alpha value is -2.86. The van der Waals surface area contributed by atoms with Crippen molar-refractivity contribution in [2.24, 2.45) is 5.73 Å². The van der Waals surface area contributed by atoms with Crippen LogP contribution in [0.1, 0.15) is 24.5 Å². The van der Waals surface area contributed by atoms with Crippen LogP contribution >= 0.6 is 0 Å². The molecule has 2 aromatic carbocycles. The highest BCUT2D eigenvalue weighted by molar-refractivity contribution is 5.87. The molecule has 1 fully saturated rings. The minimum atomic E-state index is -1.07. The monoisotopic (exact) mass is 395 g/mol. The molecule has 0 spiro atoms. The second kappa shape index (κ2) is 9.09. The second-order valence-corrected chi connectivity index (χ2v) is 7.59. The summed E-state index contributed by atoms with van der Waals surface area (Å²) in [6, 6.07) is 17.2. The zero-order chi connectivity index (χ0) is 20.9. The molecule has 3 rings (SSSR count). The Morgan fingerprint density at radius 2 is 1.55 bits per heavy atom. The number of amides is 2. The number of carbonyl (C=O) groups excluding carboxylic acids is 2. The highest BCUT2D eigenvalue weighted by atomic mass is 16.5. The van der Waals surface area contributed by atoms with Gasteiger partial charge >= 0.3 is 0 Å². The van der Waals surface area contributed by atoms with E-state index in [-0.39, 0.29) is 11.8 Å². The lowest BCUT2D eigenvalue weighted by molar-refractivity contribution is -0.143. The minimum absolute atomic E-state index is 0.103. The maximum absolute atomic E-state index is 12.9. The van der Waals surface area contributed by atoms with Crippen molar-refractivity contribution in [3.63, 3.8) is 0 Å². The van der Waals surface area contributed by atoms with Crippen molar-refractivity contribution in [3.8, 4) is 5.75 Å². The van der Waals surface area contributed by atoms with Crippen molar-refractivity contribution >= 4 is 11.8 Å². The second-order valence-electron chi connectivity index (χ2n) is 7.59. The molecular formula is C23H29N3O3. The molecule has 154 valence electrons. The largest absolute Gasteiger partial charge is 0.497 e. The Bertz CT molecular complexity index is 826. The van der Waals surface area contributed by atoms with Crippen LogP contribution in [0.5, 0.6) is 5.75 Å². The van der Waals surface area contributed by atoms with E-state index in [1.165, 1.54) is 0 Å². The number of hydrogen-bond acceptors (Lipinski definition) is 4. The first-order valence-electron chi connectivity index (χ1n) is 9.96. The van der Waals surface area contributed by atoms with Gasteiger partial charge in [-0.1, -0.05) is 42.5 Å². The molecule has 2 N–H and O–H groups in total. The van der Waals surface area contributed by atoms with Crippen molar-refractivity contribution in [2.75, 3.05) is 33.3 Å². The van der Waals surface area contributed by atoms with Gasteiger partial charge in [-0.05, 0) is 36.6 Å². The summed E-state index contributed by atoms with van der Waals surface area (Å²) in [5, 5.41) is 0. The number of carbonyl (C=O) groups is 2. The van der Waals surface area contributed by atoms with E-state index in [0.29, 0.717) is 39.0 Å². The molecule has 0 saturated carbocycles. The number of hydrogen-bond donors (Lipinski definition) is 1. The molecule has 0 aliphatic carbocycles. The molecule has 0 aromatic heterocycles. The maximum Gasteiger partial charge on any atom is 0.247 e. The van der Waals surface area contributed by atoms with Crippen LogP contribution in [0.3, 0.4) is 0 Å². The fraction of sp³-hybridized carbons (Fsp3) is 0.391. The van der Waals surface area contributed by atoms with E-state index < -0.39 is 5.54 Å². The third kappa shape index (κ3) is 4.95.